The van der Waals surface area contributed by atoms with Crippen LogP contribution < -0.4 is 10.5 Å². The fourth-order valence-corrected chi connectivity index (χ4v) is 2.41. The van der Waals surface area contributed by atoms with Gasteiger partial charge in [-0.1, -0.05) is 15.9 Å². The van der Waals surface area contributed by atoms with E-state index in [9.17, 15) is 4.39 Å². The number of benzene rings is 1. The van der Waals surface area contributed by atoms with Crippen molar-refractivity contribution in [1.82, 2.24) is 4.90 Å². The van der Waals surface area contributed by atoms with E-state index in [1.807, 2.05) is 0 Å². The maximum atomic E-state index is 13.1. The molecular weight excluding hydrogens is 287 g/mol. The van der Waals surface area contributed by atoms with Crippen molar-refractivity contribution in [3.05, 3.63) is 28.5 Å². The second-order valence-electron chi connectivity index (χ2n) is 4.30. The van der Waals surface area contributed by atoms with E-state index in [0.717, 1.165) is 26.1 Å². The van der Waals surface area contributed by atoms with Crippen LogP contribution in [0.25, 0.3) is 0 Å². The van der Waals surface area contributed by atoms with E-state index in [0.29, 0.717) is 22.9 Å². The molecule has 0 unspecified atom stereocenters. The number of nitrogens with two attached hydrogens (primary N) is 1. The van der Waals surface area contributed by atoms with Crippen LogP contribution in [0.2, 0.25) is 0 Å². The van der Waals surface area contributed by atoms with Crippen LogP contribution in [0.15, 0.2) is 22.7 Å². The molecule has 2 rings (SSSR count). The molecule has 0 aromatic heterocycles. The fourth-order valence-electron chi connectivity index (χ4n) is 1.97. The molecule has 0 radical (unpaired) electrons. The largest absolute Gasteiger partial charge is 0.492 e. The fraction of sp³-hybridized carbons (Fsp3) is 0.500. The van der Waals surface area contributed by atoms with E-state index < -0.39 is 0 Å². The minimum absolute atomic E-state index is 0.290. The van der Waals surface area contributed by atoms with Crippen molar-refractivity contribution in [1.29, 1.82) is 0 Å². The highest BCUT2D eigenvalue weighted by molar-refractivity contribution is 9.10. The Balaban J connectivity index is 1.78. The van der Waals surface area contributed by atoms with E-state index in [2.05, 4.69) is 20.8 Å². The van der Waals surface area contributed by atoms with E-state index in [4.69, 9.17) is 10.5 Å². The van der Waals surface area contributed by atoms with Gasteiger partial charge in [0.25, 0.3) is 0 Å². The van der Waals surface area contributed by atoms with E-state index in [1.54, 1.807) is 6.07 Å². The summed E-state index contributed by atoms with van der Waals surface area (Å²) in [5.41, 5.74) is 5.81. The SMILES string of the molecule is N[C@@H]1CCN(CCOc2cc(F)cc(Br)c2)C1. The molecule has 5 heteroatoms. The lowest BCUT2D eigenvalue weighted by Gasteiger charge is -2.15. The first kappa shape index (κ1) is 12.8. The summed E-state index contributed by atoms with van der Waals surface area (Å²) in [6.07, 6.45) is 1.05. The molecule has 1 aromatic carbocycles. The molecular formula is C12H16BrFN2O. The van der Waals surface area contributed by atoms with Crippen molar-refractivity contribution < 1.29 is 9.13 Å². The Hall–Kier alpha value is -0.650. The number of nitrogens with zero attached hydrogens (tertiary/aromatic N) is 1. The average Bonchev–Trinajstić information content (AvgIpc) is 2.63. The molecule has 1 aromatic rings. The van der Waals surface area contributed by atoms with Crippen molar-refractivity contribution in [3.63, 3.8) is 0 Å². The predicted octanol–water partition coefficient (Wildman–Crippen LogP) is 2.00. The zero-order valence-corrected chi connectivity index (χ0v) is 11.1. The molecule has 0 amide bonds. The second kappa shape index (κ2) is 5.80. The Labute approximate surface area is 109 Å². The third kappa shape index (κ3) is 3.94. The Morgan fingerprint density at radius 2 is 2.29 bits per heavy atom. The van der Waals surface area contributed by atoms with Gasteiger partial charge in [0.15, 0.2) is 0 Å². The smallest absolute Gasteiger partial charge is 0.128 e. The summed E-state index contributed by atoms with van der Waals surface area (Å²) in [6.45, 7) is 3.35. The highest BCUT2D eigenvalue weighted by Crippen LogP contribution is 2.20. The van der Waals surface area contributed by atoms with Gasteiger partial charge in [-0.3, -0.25) is 4.90 Å². The van der Waals surface area contributed by atoms with Gasteiger partial charge >= 0.3 is 0 Å². The van der Waals surface area contributed by atoms with Gasteiger partial charge in [0.1, 0.15) is 18.2 Å². The van der Waals surface area contributed by atoms with Gasteiger partial charge in [0.2, 0.25) is 0 Å². The van der Waals surface area contributed by atoms with Crippen LogP contribution >= 0.6 is 15.9 Å². The predicted molar refractivity (Wildman–Crippen MR) is 68.6 cm³/mol. The lowest BCUT2D eigenvalue weighted by Crippen LogP contribution is -2.29. The molecule has 17 heavy (non-hydrogen) atoms. The second-order valence-corrected chi connectivity index (χ2v) is 5.22. The van der Waals surface area contributed by atoms with Crippen LogP contribution in [0.3, 0.4) is 0 Å². The van der Waals surface area contributed by atoms with Gasteiger partial charge in [0, 0.05) is 29.7 Å². The normalized spacial score (nSPS) is 20.8. The Kier molecular flexibility index (Phi) is 4.36. The molecule has 1 aliphatic heterocycles. The van der Waals surface area contributed by atoms with Crippen molar-refractivity contribution in [2.75, 3.05) is 26.2 Å². The summed E-state index contributed by atoms with van der Waals surface area (Å²) < 4.78 is 19.3. The summed E-state index contributed by atoms with van der Waals surface area (Å²) in [4.78, 5) is 2.26. The first-order valence-corrected chi connectivity index (χ1v) is 6.49. The molecule has 0 spiro atoms. The number of hydrogen-bond donors (Lipinski definition) is 1. The molecule has 1 aliphatic rings. The first-order valence-electron chi connectivity index (χ1n) is 5.70. The van der Waals surface area contributed by atoms with Gasteiger partial charge < -0.3 is 10.5 Å². The zero-order chi connectivity index (χ0) is 12.3. The molecule has 94 valence electrons. The molecule has 2 N–H and O–H groups in total. The summed E-state index contributed by atoms with van der Waals surface area (Å²) in [5, 5.41) is 0. The number of hydrogen-bond acceptors (Lipinski definition) is 3. The molecule has 0 aliphatic carbocycles. The standard InChI is InChI=1S/C12H16BrFN2O/c13-9-5-10(14)7-12(6-9)17-4-3-16-2-1-11(15)8-16/h5-7,11H,1-4,8,15H2/t11-/m1/s1. The van der Waals surface area contributed by atoms with Crippen molar-refractivity contribution >= 4 is 15.9 Å². The molecule has 1 fully saturated rings. The summed E-state index contributed by atoms with van der Waals surface area (Å²) in [7, 11) is 0. The monoisotopic (exact) mass is 302 g/mol. The summed E-state index contributed by atoms with van der Waals surface area (Å²) in [6, 6.07) is 4.85. The summed E-state index contributed by atoms with van der Waals surface area (Å²) >= 11 is 3.23. The lowest BCUT2D eigenvalue weighted by atomic mass is 10.3. The van der Waals surface area contributed by atoms with Gasteiger partial charge in [-0.25, -0.2) is 4.39 Å². The van der Waals surface area contributed by atoms with Crippen molar-refractivity contribution in [2.24, 2.45) is 5.73 Å². The van der Waals surface area contributed by atoms with Gasteiger partial charge in [0.05, 0.1) is 0 Å². The zero-order valence-electron chi connectivity index (χ0n) is 9.53. The third-order valence-corrected chi connectivity index (χ3v) is 3.28. The molecule has 0 saturated carbocycles. The highest BCUT2D eigenvalue weighted by Gasteiger charge is 2.18. The van der Waals surface area contributed by atoms with Crippen LogP contribution in [0.4, 0.5) is 4.39 Å². The molecule has 3 nitrogen and oxygen atoms in total. The number of ether oxygens (including phenoxy) is 1. The van der Waals surface area contributed by atoms with Gasteiger partial charge in [-0.05, 0) is 25.1 Å². The number of rotatable bonds is 4. The Bertz CT molecular complexity index is 369. The Morgan fingerprint density at radius 1 is 1.47 bits per heavy atom. The number of halogens is 2. The quantitative estimate of drug-likeness (QED) is 0.924. The van der Waals surface area contributed by atoms with Crippen LogP contribution in [0.1, 0.15) is 6.42 Å². The maximum Gasteiger partial charge on any atom is 0.128 e. The highest BCUT2D eigenvalue weighted by atomic mass is 79.9. The maximum absolute atomic E-state index is 13.1. The lowest BCUT2D eigenvalue weighted by molar-refractivity contribution is 0.235. The number of likely N-dealkylation sites (tertiary alicyclic amines) is 1. The Morgan fingerprint density at radius 3 is 2.94 bits per heavy atom. The van der Waals surface area contributed by atoms with E-state index in [-0.39, 0.29) is 5.82 Å². The van der Waals surface area contributed by atoms with E-state index >= 15 is 0 Å². The van der Waals surface area contributed by atoms with Crippen LogP contribution in [0.5, 0.6) is 5.75 Å². The topological polar surface area (TPSA) is 38.5 Å². The van der Waals surface area contributed by atoms with Crippen LogP contribution in [-0.2, 0) is 0 Å². The van der Waals surface area contributed by atoms with Crippen molar-refractivity contribution in [2.45, 2.75) is 12.5 Å². The minimum Gasteiger partial charge on any atom is -0.492 e. The average molecular weight is 303 g/mol. The van der Waals surface area contributed by atoms with Gasteiger partial charge in [-0.15, -0.1) is 0 Å². The first-order chi connectivity index (χ1) is 8.13. The van der Waals surface area contributed by atoms with Crippen LogP contribution in [0, 0.1) is 5.82 Å². The molecule has 0 bridgehead atoms. The molecule has 1 saturated heterocycles. The van der Waals surface area contributed by atoms with Crippen LogP contribution in [-0.4, -0.2) is 37.2 Å². The molecule has 1 heterocycles. The third-order valence-electron chi connectivity index (χ3n) is 2.82. The minimum atomic E-state index is -0.294. The molecule has 1 atom stereocenters. The summed E-state index contributed by atoms with van der Waals surface area (Å²) in [5.74, 6) is 0.262. The van der Waals surface area contributed by atoms with E-state index in [1.165, 1.54) is 12.1 Å². The van der Waals surface area contributed by atoms with Crippen molar-refractivity contribution in [3.8, 4) is 5.75 Å². The van der Waals surface area contributed by atoms with Gasteiger partial charge in [-0.2, -0.15) is 0 Å².